The standard InChI is InChI=1S/C16H23FN2O/c1-12-10-15(17)7-6-14(12)11-18-13(2)16(20)19-8-4-3-5-9-19/h6-7,10,13,18H,3-5,8-9,11H2,1-2H3. The zero-order chi connectivity index (χ0) is 14.5. The normalized spacial score (nSPS) is 17.1. The van der Waals surface area contributed by atoms with Gasteiger partial charge in [-0.15, -0.1) is 0 Å². The molecule has 1 unspecified atom stereocenters. The Hall–Kier alpha value is -1.42. The number of nitrogens with one attached hydrogen (secondary N) is 1. The van der Waals surface area contributed by atoms with Gasteiger partial charge in [-0.25, -0.2) is 4.39 Å². The predicted octanol–water partition coefficient (Wildman–Crippen LogP) is 2.62. The maximum atomic E-state index is 13.0. The van der Waals surface area contributed by atoms with Crippen molar-refractivity contribution in [2.75, 3.05) is 13.1 Å². The van der Waals surface area contributed by atoms with Crippen LogP contribution in [-0.2, 0) is 11.3 Å². The van der Waals surface area contributed by atoms with E-state index in [1.54, 1.807) is 6.07 Å². The zero-order valence-corrected chi connectivity index (χ0v) is 12.3. The van der Waals surface area contributed by atoms with E-state index in [0.29, 0.717) is 6.54 Å². The number of likely N-dealkylation sites (tertiary alicyclic amines) is 1. The van der Waals surface area contributed by atoms with Gasteiger partial charge in [0, 0.05) is 19.6 Å². The van der Waals surface area contributed by atoms with Gasteiger partial charge in [0.1, 0.15) is 5.82 Å². The topological polar surface area (TPSA) is 32.3 Å². The molecule has 110 valence electrons. The fourth-order valence-corrected chi connectivity index (χ4v) is 2.60. The minimum absolute atomic E-state index is 0.171. The lowest BCUT2D eigenvalue weighted by Crippen LogP contribution is -2.46. The molecular formula is C16H23FN2O. The molecule has 0 radical (unpaired) electrons. The van der Waals surface area contributed by atoms with Gasteiger partial charge in [0.2, 0.25) is 5.91 Å². The summed E-state index contributed by atoms with van der Waals surface area (Å²) in [7, 11) is 0. The molecule has 1 aliphatic rings. The summed E-state index contributed by atoms with van der Waals surface area (Å²) in [5, 5.41) is 3.24. The number of nitrogens with zero attached hydrogens (tertiary/aromatic N) is 1. The maximum absolute atomic E-state index is 13.0. The van der Waals surface area contributed by atoms with Crippen LogP contribution in [0.4, 0.5) is 4.39 Å². The quantitative estimate of drug-likeness (QED) is 0.918. The number of hydrogen-bond acceptors (Lipinski definition) is 2. The first-order valence-electron chi connectivity index (χ1n) is 7.35. The van der Waals surface area contributed by atoms with Crippen LogP contribution in [0.15, 0.2) is 18.2 Å². The Balaban J connectivity index is 1.87. The van der Waals surface area contributed by atoms with E-state index in [2.05, 4.69) is 5.32 Å². The van der Waals surface area contributed by atoms with Crippen LogP contribution < -0.4 is 5.32 Å². The van der Waals surface area contributed by atoms with E-state index in [4.69, 9.17) is 0 Å². The highest BCUT2D eigenvalue weighted by molar-refractivity contribution is 5.81. The average molecular weight is 278 g/mol. The van der Waals surface area contributed by atoms with Gasteiger partial charge in [0.25, 0.3) is 0 Å². The minimum Gasteiger partial charge on any atom is -0.341 e. The molecule has 0 aromatic heterocycles. The summed E-state index contributed by atoms with van der Waals surface area (Å²) in [6.45, 7) is 6.13. The average Bonchev–Trinajstić information content (AvgIpc) is 2.46. The summed E-state index contributed by atoms with van der Waals surface area (Å²) in [6.07, 6.45) is 3.44. The minimum atomic E-state index is -0.219. The van der Waals surface area contributed by atoms with Gasteiger partial charge < -0.3 is 10.2 Å². The second kappa shape index (κ2) is 6.84. The van der Waals surface area contributed by atoms with Crippen LogP contribution in [-0.4, -0.2) is 29.9 Å². The summed E-state index contributed by atoms with van der Waals surface area (Å²) < 4.78 is 13.0. The third kappa shape index (κ3) is 3.79. The Kier molecular flexibility index (Phi) is 5.12. The van der Waals surface area contributed by atoms with Gasteiger partial charge in [-0.05, 0) is 56.4 Å². The monoisotopic (exact) mass is 278 g/mol. The first kappa shape index (κ1) is 15.0. The Labute approximate surface area is 120 Å². The Bertz CT molecular complexity index is 470. The molecule has 1 aromatic rings. The molecule has 2 rings (SSSR count). The fourth-order valence-electron chi connectivity index (χ4n) is 2.60. The van der Waals surface area contributed by atoms with Gasteiger partial charge in [-0.2, -0.15) is 0 Å². The first-order chi connectivity index (χ1) is 9.58. The molecule has 0 saturated carbocycles. The Morgan fingerprint density at radius 1 is 1.35 bits per heavy atom. The van der Waals surface area contributed by atoms with Crippen LogP contribution in [0.1, 0.15) is 37.3 Å². The maximum Gasteiger partial charge on any atom is 0.239 e. The first-order valence-corrected chi connectivity index (χ1v) is 7.35. The Morgan fingerprint density at radius 3 is 2.70 bits per heavy atom. The highest BCUT2D eigenvalue weighted by Crippen LogP contribution is 2.12. The summed E-state index contributed by atoms with van der Waals surface area (Å²) in [5.41, 5.74) is 1.94. The van der Waals surface area contributed by atoms with Gasteiger partial charge >= 0.3 is 0 Å². The number of rotatable bonds is 4. The number of aryl methyl sites for hydroxylation is 1. The van der Waals surface area contributed by atoms with Gasteiger partial charge in [0.05, 0.1) is 6.04 Å². The number of carbonyl (C=O) groups is 1. The van der Waals surface area contributed by atoms with E-state index in [1.807, 2.05) is 18.7 Å². The van der Waals surface area contributed by atoms with E-state index >= 15 is 0 Å². The Morgan fingerprint density at radius 2 is 2.05 bits per heavy atom. The lowest BCUT2D eigenvalue weighted by atomic mass is 10.1. The molecule has 1 saturated heterocycles. The third-order valence-electron chi connectivity index (χ3n) is 3.94. The molecule has 0 bridgehead atoms. The van der Waals surface area contributed by atoms with Crippen LogP contribution in [0.5, 0.6) is 0 Å². The van der Waals surface area contributed by atoms with Gasteiger partial charge in [-0.3, -0.25) is 4.79 Å². The molecular weight excluding hydrogens is 255 g/mol. The summed E-state index contributed by atoms with van der Waals surface area (Å²) >= 11 is 0. The largest absolute Gasteiger partial charge is 0.341 e. The lowest BCUT2D eigenvalue weighted by Gasteiger charge is -2.29. The highest BCUT2D eigenvalue weighted by atomic mass is 19.1. The molecule has 4 heteroatoms. The van der Waals surface area contributed by atoms with Crippen molar-refractivity contribution in [1.29, 1.82) is 0 Å². The number of halogens is 1. The van der Waals surface area contributed by atoms with Crippen molar-refractivity contribution in [2.24, 2.45) is 0 Å². The van der Waals surface area contributed by atoms with E-state index in [1.165, 1.54) is 18.6 Å². The molecule has 20 heavy (non-hydrogen) atoms. The van der Waals surface area contributed by atoms with Crippen molar-refractivity contribution < 1.29 is 9.18 Å². The molecule has 1 aliphatic heterocycles. The number of hydrogen-bond donors (Lipinski definition) is 1. The fraction of sp³-hybridized carbons (Fsp3) is 0.562. The molecule has 1 amide bonds. The number of piperidine rings is 1. The number of benzene rings is 1. The third-order valence-corrected chi connectivity index (χ3v) is 3.94. The van der Waals surface area contributed by atoms with Crippen molar-refractivity contribution in [3.63, 3.8) is 0 Å². The van der Waals surface area contributed by atoms with Crippen molar-refractivity contribution in [1.82, 2.24) is 10.2 Å². The van der Waals surface area contributed by atoms with Crippen molar-refractivity contribution >= 4 is 5.91 Å². The second-order valence-electron chi connectivity index (χ2n) is 5.56. The smallest absolute Gasteiger partial charge is 0.239 e. The van der Waals surface area contributed by atoms with Gasteiger partial charge in [-0.1, -0.05) is 6.07 Å². The molecule has 1 fully saturated rings. The lowest BCUT2D eigenvalue weighted by molar-refractivity contribution is -0.133. The number of amides is 1. The number of carbonyl (C=O) groups excluding carboxylic acids is 1. The molecule has 1 atom stereocenters. The van der Waals surface area contributed by atoms with Crippen LogP contribution in [0.25, 0.3) is 0 Å². The van der Waals surface area contributed by atoms with Crippen molar-refractivity contribution in [3.05, 3.63) is 35.1 Å². The van der Waals surface area contributed by atoms with Crippen molar-refractivity contribution in [3.8, 4) is 0 Å². The second-order valence-corrected chi connectivity index (χ2v) is 5.56. The van der Waals surface area contributed by atoms with Crippen LogP contribution >= 0.6 is 0 Å². The van der Waals surface area contributed by atoms with Crippen LogP contribution in [0, 0.1) is 12.7 Å². The highest BCUT2D eigenvalue weighted by Gasteiger charge is 2.21. The molecule has 3 nitrogen and oxygen atoms in total. The molecule has 1 aromatic carbocycles. The SMILES string of the molecule is Cc1cc(F)ccc1CNC(C)C(=O)N1CCCCC1. The van der Waals surface area contributed by atoms with E-state index in [-0.39, 0.29) is 17.8 Å². The molecule has 0 aliphatic carbocycles. The van der Waals surface area contributed by atoms with E-state index < -0.39 is 0 Å². The van der Waals surface area contributed by atoms with Crippen LogP contribution in [0.2, 0.25) is 0 Å². The van der Waals surface area contributed by atoms with Gasteiger partial charge in [0.15, 0.2) is 0 Å². The summed E-state index contributed by atoms with van der Waals surface area (Å²) in [5.74, 6) is -0.0480. The van der Waals surface area contributed by atoms with E-state index in [9.17, 15) is 9.18 Å². The summed E-state index contributed by atoms with van der Waals surface area (Å²) in [4.78, 5) is 14.2. The predicted molar refractivity (Wildman–Crippen MR) is 77.9 cm³/mol. The zero-order valence-electron chi connectivity index (χ0n) is 12.3. The van der Waals surface area contributed by atoms with Crippen LogP contribution in [0.3, 0.4) is 0 Å². The molecule has 0 spiro atoms. The summed E-state index contributed by atoms with van der Waals surface area (Å²) in [6, 6.07) is 4.56. The van der Waals surface area contributed by atoms with Crippen molar-refractivity contribution in [2.45, 2.75) is 45.7 Å². The molecule has 1 N–H and O–H groups in total. The van der Waals surface area contributed by atoms with E-state index in [0.717, 1.165) is 37.1 Å². The molecule has 1 heterocycles.